The Morgan fingerprint density at radius 2 is 1.65 bits per heavy atom. The van der Waals surface area contributed by atoms with Crippen LogP contribution in [0.5, 0.6) is 5.75 Å². The normalized spacial score (nSPS) is 16.5. The van der Waals surface area contributed by atoms with E-state index in [1.807, 2.05) is 24.3 Å². The molecule has 43 heavy (non-hydrogen) atoms. The summed E-state index contributed by atoms with van der Waals surface area (Å²) in [5.74, 6) is -2.37. The van der Waals surface area contributed by atoms with Gasteiger partial charge in [-0.3, -0.25) is 4.79 Å². The monoisotopic (exact) mass is 620 g/mol. The van der Waals surface area contributed by atoms with Gasteiger partial charge in [0.1, 0.15) is 17.5 Å². The summed E-state index contributed by atoms with van der Waals surface area (Å²) in [6, 6.07) is 13.0. The van der Waals surface area contributed by atoms with Crippen molar-refractivity contribution < 1.29 is 41.0 Å². The molecule has 1 aromatic heterocycles. The molecule has 0 saturated carbocycles. The molecule has 2 heterocycles. The number of amides is 1. The Bertz CT molecular complexity index is 1560. The number of aromatic nitrogens is 1. The number of rotatable bonds is 8. The number of piperazine rings is 1. The van der Waals surface area contributed by atoms with Gasteiger partial charge in [0.2, 0.25) is 15.9 Å². The first kappa shape index (κ1) is 31.8. The Morgan fingerprint density at radius 1 is 1.00 bits per heavy atom. The van der Waals surface area contributed by atoms with Crippen LogP contribution in [0, 0.1) is 0 Å². The topological polar surface area (TPSA) is 129 Å². The highest BCUT2D eigenvalue weighted by Gasteiger charge is 2.40. The van der Waals surface area contributed by atoms with Crippen LogP contribution in [-0.2, 0) is 26.8 Å². The van der Waals surface area contributed by atoms with Gasteiger partial charge in [0.05, 0.1) is 16.8 Å². The molecule has 2 aromatic carbocycles. The molecule has 1 fully saturated rings. The number of anilines is 1. The first-order valence-electron chi connectivity index (χ1n) is 13.2. The van der Waals surface area contributed by atoms with Gasteiger partial charge in [0.15, 0.2) is 0 Å². The summed E-state index contributed by atoms with van der Waals surface area (Å²) in [4.78, 5) is 30.0. The highest BCUT2D eigenvalue weighted by molar-refractivity contribution is 7.89. The van der Waals surface area contributed by atoms with Crippen molar-refractivity contribution in [2.45, 2.75) is 50.0 Å². The number of pyridine rings is 1. The lowest BCUT2D eigenvalue weighted by Gasteiger charge is -2.40. The van der Waals surface area contributed by atoms with E-state index >= 15 is 0 Å². The number of benzene rings is 2. The Labute approximate surface area is 247 Å². The third-order valence-electron chi connectivity index (χ3n) is 6.92. The molecular weight excluding hydrogens is 589 g/mol. The van der Waals surface area contributed by atoms with Crippen molar-refractivity contribution >= 4 is 27.6 Å². The average Bonchev–Trinajstić information content (AvgIpc) is 2.95. The lowest BCUT2D eigenvalue weighted by molar-refractivity contribution is -0.274. The highest BCUT2D eigenvalue weighted by Crippen LogP contribution is 2.28. The molecule has 1 atom stereocenters. The maximum atomic E-state index is 13.7. The van der Waals surface area contributed by atoms with Crippen LogP contribution in [-0.4, -0.2) is 66.7 Å². The van der Waals surface area contributed by atoms with Crippen molar-refractivity contribution in [3.63, 3.8) is 0 Å². The van der Waals surface area contributed by atoms with Crippen LogP contribution in [0.25, 0.3) is 0 Å². The fourth-order valence-corrected chi connectivity index (χ4v) is 6.15. The maximum absolute atomic E-state index is 13.7. The van der Waals surface area contributed by atoms with Crippen molar-refractivity contribution in [1.82, 2.24) is 14.6 Å². The van der Waals surface area contributed by atoms with E-state index < -0.39 is 40.1 Å². The van der Waals surface area contributed by atoms with Crippen LogP contribution in [0.15, 0.2) is 71.8 Å². The molecule has 4 rings (SSSR count). The summed E-state index contributed by atoms with van der Waals surface area (Å²) in [6.07, 6.45) is -3.61. The van der Waals surface area contributed by atoms with Gasteiger partial charge in [-0.25, -0.2) is 18.2 Å². The zero-order valence-electron chi connectivity index (χ0n) is 23.6. The number of sulfonamides is 1. The highest BCUT2D eigenvalue weighted by atomic mass is 32.2. The summed E-state index contributed by atoms with van der Waals surface area (Å²) in [7, 11) is -4.33. The number of hydrogen-bond donors (Lipinski definition) is 2. The Kier molecular flexibility index (Phi) is 9.02. The van der Waals surface area contributed by atoms with Crippen molar-refractivity contribution in [3.8, 4) is 5.75 Å². The third kappa shape index (κ3) is 7.82. The van der Waals surface area contributed by atoms with Gasteiger partial charge in [0.25, 0.3) is 0 Å². The molecule has 0 spiro atoms. The number of nitrogens with one attached hydrogen (secondary N) is 1. The number of carbonyl (C=O) groups excluding carboxylic acids is 1. The van der Waals surface area contributed by atoms with Crippen LogP contribution < -0.4 is 15.0 Å². The van der Waals surface area contributed by atoms with Gasteiger partial charge in [-0.15, -0.1) is 13.2 Å². The fourth-order valence-electron chi connectivity index (χ4n) is 4.58. The molecule has 10 nitrogen and oxygen atoms in total. The third-order valence-corrected chi connectivity index (χ3v) is 8.84. The van der Waals surface area contributed by atoms with Gasteiger partial charge < -0.3 is 20.1 Å². The second kappa shape index (κ2) is 12.2. The van der Waals surface area contributed by atoms with Gasteiger partial charge in [-0.2, -0.15) is 4.31 Å². The van der Waals surface area contributed by atoms with Crippen molar-refractivity contribution in [2.75, 3.05) is 24.5 Å². The van der Waals surface area contributed by atoms with Crippen molar-refractivity contribution in [2.24, 2.45) is 0 Å². The van der Waals surface area contributed by atoms with Gasteiger partial charge in [-0.1, -0.05) is 45.0 Å². The molecule has 0 radical (unpaired) electrons. The minimum absolute atomic E-state index is 0.0587. The molecule has 0 bridgehead atoms. The number of carboxylic acids is 1. The summed E-state index contributed by atoms with van der Waals surface area (Å²) in [6.45, 7) is 6.28. The first-order chi connectivity index (χ1) is 20.0. The predicted molar refractivity (Wildman–Crippen MR) is 151 cm³/mol. The molecule has 2 N–H and O–H groups in total. The Hall–Kier alpha value is -4.17. The van der Waals surface area contributed by atoms with Gasteiger partial charge >= 0.3 is 12.3 Å². The minimum Gasteiger partial charge on any atom is -0.477 e. The lowest BCUT2D eigenvalue weighted by atomic mass is 9.87. The molecule has 230 valence electrons. The molecule has 1 saturated heterocycles. The Morgan fingerprint density at radius 3 is 2.19 bits per heavy atom. The number of ether oxygens (including phenoxy) is 1. The molecule has 14 heteroatoms. The van der Waals surface area contributed by atoms with Gasteiger partial charge in [0, 0.05) is 26.2 Å². The number of nitrogens with zero attached hydrogens (tertiary/aromatic N) is 3. The number of carbonyl (C=O) groups is 2. The van der Waals surface area contributed by atoms with Gasteiger partial charge in [-0.05, 0) is 52.9 Å². The second-order valence-electron chi connectivity index (χ2n) is 11.0. The van der Waals surface area contributed by atoms with E-state index in [0.29, 0.717) is 5.69 Å². The summed E-state index contributed by atoms with van der Waals surface area (Å²) in [5.41, 5.74) is 2.17. The molecule has 1 amide bonds. The average molecular weight is 621 g/mol. The second-order valence-corrected chi connectivity index (χ2v) is 12.9. The largest absolute Gasteiger partial charge is 0.573 e. The first-order valence-corrected chi connectivity index (χ1v) is 14.7. The van der Waals surface area contributed by atoms with Crippen LogP contribution in [0.3, 0.4) is 0 Å². The van der Waals surface area contributed by atoms with E-state index in [0.717, 1.165) is 39.7 Å². The number of hydrogen-bond acceptors (Lipinski definition) is 7. The quantitative estimate of drug-likeness (QED) is 0.384. The number of aromatic carboxylic acids is 1. The van der Waals surface area contributed by atoms with Crippen LogP contribution in [0.2, 0.25) is 0 Å². The van der Waals surface area contributed by atoms with E-state index in [4.69, 9.17) is 5.11 Å². The molecule has 1 aliphatic rings. The summed E-state index contributed by atoms with van der Waals surface area (Å²) < 4.78 is 69.9. The van der Waals surface area contributed by atoms with E-state index in [9.17, 15) is 31.2 Å². The van der Waals surface area contributed by atoms with Crippen LogP contribution in [0.1, 0.15) is 42.4 Å². The van der Waals surface area contributed by atoms with E-state index in [1.165, 1.54) is 18.3 Å². The van der Waals surface area contributed by atoms with E-state index in [-0.39, 0.29) is 42.2 Å². The fraction of sp³-hybridized carbons (Fsp3) is 0.345. The smallest absolute Gasteiger partial charge is 0.477 e. The number of alkyl halides is 3. The summed E-state index contributed by atoms with van der Waals surface area (Å²) >= 11 is 0. The number of carboxylic acid groups (broad SMARTS) is 1. The molecule has 1 unspecified atom stereocenters. The molecule has 1 aliphatic heterocycles. The standard InChI is InChI=1S/C29H31F3N4O6S/c1-28(2,3)20-6-4-19(5-7-20)16-34-26(37)25-18-35(21-8-13-24(27(38)39)33-17-21)14-15-36(25)43(40,41)23-11-9-22(10-12-23)42-29(30,31)32/h4-13,17,25H,14-16,18H2,1-3H3,(H,34,37)(H,38,39). The van der Waals surface area contributed by atoms with Crippen LogP contribution >= 0.6 is 0 Å². The van der Waals surface area contributed by atoms with Crippen LogP contribution in [0.4, 0.5) is 18.9 Å². The number of halogens is 3. The van der Waals surface area contributed by atoms with E-state index in [2.05, 4.69) is 35.8 Å². The minimum atomic E-state index is -4.94. The Balaban J connectivity index is 1.58. The maximum Gasteiger partial charge on any atom is 0.573 e. The van der Waals surface area contributed by atoms with Crippen molar-refractivity contribution in [1.29, 1.82) is 0 Å². The lowest BCUT2D eigenvalue weighted by Crippen LogP contribution is -2.60. The summed E-state index contributed by atoms with van der Waals surface area (Å²) in [5, 5.41) is 11.9. The SMILES string of the molecule is CC(C)(C)c1ccc(CNC(=O)C2CN(c3ccc(C(=O)O)nc3)CCN2S(=O)(=O)c2ccc(OC(F)(F)F)cc2)cc1. The zero-order valence-corrected chi connectivity index (χ0v) is 24.4. The predicted octanol–water partition coefficient (Wildman–Crippen LogP) is 4.17. The molecule has 3 aromatic rings. The zero-order chi connectivity index (χ0) is 31.6. The molecular formula is C29H31F3N4O6S. The van der Waals surface area contributed by atoms with Crippen molar-refractivity contribution in [3.05, 3.63) is 83.7 Å². The van der Waals surface area contributed by atoms with E-state index in [1.54, 1.807) is 4.90 Å². The molecule has 0 aliphatic carbocycles.